The molecule has 1 fully saturated rings. The summed E-state index contributed by atoms with van der Waals surface area (Å²) in [6.07, 6.45) is 4.49. The normalized spacial score (nSPS) is 20.2. The first-order valence-corrected chi connectivity index (χ1v) is 11.4. The predicted octanol–water partition coefficient (Wildman–Crippen LogP) is 3.49. The fourth-order valence-electron chi connectivity index (χ4n) is 3.75. The lowest BCUT2D eigenvalue weighted by Gasteiger charge is -2.28. The first-order chi connectivity index (χ1) is 13.5. The fraction of sp³-hybridized carbons (Fsp3) is 0.455. The van der Waals surface area contributed by atoms with E-state index in [4.69, 9.17) is 4.74 Å². The monoisotopic (exact) mass is 402 g/mol. The molecule has 0 aromatic heterocycles. The molecule has 0 aliphatic heterocycles. The van der Waals surface area contributed by atoms with Crippen molar-refractivity contribution in [2.45, 2.75) is 49.6 Å². The minimum absolute atomic E-state index is 0.230. The van der Waals surface area contributed by atoms with Crippen molar-refractivity contribution in [2.24, 2.45) is 0 Å². The van der Waals surface area contributed by atoms with Gasteiger partial charge < -0.3 is 10.1 Å². The van der Waals surface area contributed by atoms with Crippen LogP contribution in [-0.2, 0) is 14.8 Å². The maximum Gasteiger partial charge on any atom is 0.241 e. The zero-order chi connectivity index (χ0) is 20.0. The quantitative estimate of drug-likeness (QED) is 0.664. The Labute approximate surface area is 168 Å². The highest BCUT2D eigenvalue weighted by molar-refractivity contribution is 7.89. The number of benzene rings is 2. The Morgan fingerprint density at radius 2 is 1.79 bits per heavy atom. The Morgan fingerprint density at radius 1 is 1.04 bits per heavy atom. The number of ether oxygens (including phenoxy) is 1. The number of nitrogens with one attached hydrogen (secondary N) is 2. The van der Waals surface area contributed by atoms with Gasteiger partial charge in [0, 0.05) is 18.2 Å². The van der Waals surface area contributed by atoms with E-state index >= 15 is 0 Å². The third kappa shape index (κ3) is 5.41. The van der Waals surface area contributed by atoms with E-state index in [-0.39, 0.29) is 12.6 Å². The molecule has 5 nitrogen and oxygen atoms in total. The van der Waals surface area contributed by atoms with Crippen molar-refractivity contribution in [1.82, 2.24) is 10.0 Å². The van der Waals surface area contributed by atoms with Crippen LogP contribution in [-0.4, -0.2) is 40.8 Å². The molecule has 0 radical (unpaired) electrons. The highest BCUT2D eigenvalue weighted by Crippen LogP contribution is 2.27. The number of rotatable bonds is 8. The molecule has 0 spiro atoms. The lowest BCUT2D eigenvalue weighted by Crippen LogP contribution is -2.34. The van der Waals surface area contributed by atoms with E-state index < -0.39 is 10.0 Å². The number of sulfonamides is 1. The van der Waals surface area contributed by atoms with E-state index in [2.05, 4.69) is 10.0 Å². The Morgan fingerprint density at radius 3 is 2.50 bits per heavy atom. The van der Waals surface area contributed by atoms with Gasteiger partial charge in [-0.1, -0.05) is 48.0 Å². The van der Waals surface area contributed by atoms with Gasteiger partial charge in [0.1, 0.15) is 0 Å². The van der Waals surface area contributed by atoms with Gasteiger partial charge in [-0.2, -0.15) is 0 Å². The molecule has 0 amide bonds. The van der Waals surface area contributed by atoms with Crippen LogP contribution >= 0.6 is 0 Å². The van der Waals surface area contributed by atoms with Gasteiger partial charge in [0.05, 0.1) is 17.6 Å². The molecule has 1 aliphatic rings. The SMILES string of the molecule is CNC1CCC(OCCNS(=O)(=O)c2ccccc2-c2cccc(C)c2)CC1. The van der Waals surface area contributed by atoms with Crippen LogP contribution in [0.25, 0.3) is 11.1 Å². The lowest BCUT2D eigenvalue weighted by molar-refractivity contribution is 0.0265. The zero-order valence-corrected chi connectivity index (χ0v) is 17.5. The smallest absolute Gasteiger partial charge is 0.241 e. The van der Waals surface area contributed by atoms with Crippen molar-refractivity contribution in [3.63, 3.8) is 0 Å². The lowest BCUT2D eigenvalue weighted by atomic mass is 9.93. The van der Waals surface area contributed by atoms with Gasteiger partial charge in [-0.15, -0.1) is 0 Å². The van der Waals surface area contributed by atoms with Crippen molar-refractivity contribution in [2.75, 3.05) is 20.2 Å². The van der Waals surface area contributed by atoms with Gasteiger partial charge in [0.15, 0.2) is 0 Å². The summed E-state index contributed by atoms with van der Waals surface area (Å²) in [6, 6.07) is 15.6. The van der Waals surface area contributed by atoms with Gasteiger partial charge in [-0.25, -0.2) is 13.1 Å². The molecule has 0 heterocycles. The highest BCUT2D eigenvalue weighted by Gasteiger charge is 2.21. The summed E-state index contributed by atoms with van der Waals surface area (Å²) in [5.74, 6) is 0. The Hall–Kier alpha value is -1.73. The van der Waals surface area contributed by atoms with Crippen LogP contribution in [0.15, 0.2) is 53.4 Å². The van der Waals surface area contributed by atoms with Gasteiger partial charge >= 0.3 is 0 Å². The van der Waals surface area contributed by atoms with Crippen LogP contribution in [0, 0.1) is 6.92 Å². The minimum atomic E-state index is -3.61. The van der Waals surface area contributed by atoms with E-state index in [9.17, 15) is 8.42 Å². The maximum atomic E-state index is 12.9. The summed E-state index contributed by atoms with van der Waals surface area (Å²) in [5, 5.41) is 3.30. The van der Waals surface area contributed by atoms with E-state index in [1.165, 1.54) is 0 Å². The molecule has 2 aromatic rings. The summed E-state index contributed by atoms with van der Waals surface area (Å²) in [6.45, 7) is 2.66. The van der Waals surface area contributed by atoms with E-state index in [1.807, 2.05) is 50.4 Å². The Balaban J connectivity index is 1.60. The molecule has 3 rings (SSSR count). The summed E-state index contributed by atoms with van der Waals surface area (Å²) < 4.78 is 34.3. The Kier molecular flexibility index (Phi) is 7.24. The van der Waals surface area contributed by atoms with E-state index in [0.717, 1.165) is 36.8 Å². The fourth-order valence-corrected chi connectivity index (χ4v) is 4.99. The van der Waals surface area contributed by atoms with Crippen LogP contribution in [0.3, 0.4) is 0 Å². The molecule has 2 N–H and O–H groups in total. The van der Waals surface area contributed by atoms with Crippen LogP contribution in [0.5, 0.6) is 0 Å². The zero-order valence-electron chi connectivity index (χ0n) is 16.6. The van der Waals surface area contributed by atoms with E-state index in [0.29, 0.717) is 23.1 Å². The first-order valence-electron chi connectivity index (χ1n) is 9.94. The summed E-state index contributed by atoms with van der Waals surface area (Å²) in [5.41, 5.74) is 2.71. The standard InChI is InChI=1S/C22H30N2O3S/c1-17-6-5-7-18(16-17)21-8-3-4-9-22(21)28(25,26)24-14-15-27-20-12-10-19(23-2)11-13-20/h3-9,16,19-20,23-24H,10-15H2,1-2H3. The van der Waals surface area contributed by atoms with Crippen molar-refractivity contribution in [3.8, 4) is 11.1 Å². The van der Waals surface area contributed by atoms with Gasteiger partial charge in [0.2, 0.25) is 10.0 Å². The van der Waals surface area contributed by atoms with Crippen molar-refractivity contribution in [3.05, 3.63) is 54.1 Å². The second kappa shape index (κ2) is 9.65. The number of hydrogen-bond acceptors (Lipinski definition) is 4. The average molecular weight is 403 g/mol. The molecule has 152 valence electrons. The molecule has 28 heavy (non-hydrogen) atoms. The predicted molar refractivity (Wildman–Crippen MR) is 113 cm³/mol. The van der Waals surface area contributed by atoms with Gasteiger partial charge in [-0.3, -0.25) is 0 Å². The molecule has 0 unspecified atom stereocenters. The van der Waals surface area contributed by atoms with Crippen molar-refractivity contribution in [1.29, 1.82) is 0 Å². The van der Waals surface area contributed by atoms with Crippen LogP contribution in [0.4, 0.5) is 0 Å². The third-order valence-corrected chi connectivity index (χ3v) is 6.85. The largest absolute Gasteiger partial charge is 0.377 e. The molecule has 1 aliphatic carbocycles. The first kappa shape index (κ1) is 21.0. The second-order valence-corrected chi connectivity index (χ2v) is 9.13. The molecule has 2 aromatic carbocycles. The summed E-state index contributed by atoms with van der Waals surface area (Å²) in [4.78, 5) is 0.301. The van der Waals surface area contributed by atoms with Crippen LogP contribution in [0.1, 0.15) is 31.2 Å². The second-order valence-electron chi connectivity index (χ2n) is 7.40. The average Bonchev–Trinajstić information content (AvgIpc) is 2.72. The van der Waals surface area contributed by atoms with E-state index in [1.54, 1.807) is 12.1 Å². The van der Waals surface area contributed by atoms with Crippen molar-refractivity contribution >= 4 is 10.0 Å². The molecular weight excluding hydrogens is 372 g/mol. The topological polar surface area (TPSA) is 67.4 Å². The highest BCUT2D eigenvalue weighted by atomic mass is 32.2. The molecule has 0 atom stereocenters. The summed E-state index contributed by atoms with van der Waals surface area (Å²) >= 11 is 0. The summed E-state index contributed by atoms with van der Waals surface area (Å²) in [7, 11) is -1.61. The Bertz CT molecular complexity index is 875. The number of hydrogen-bond donors (Lipinski definition) is 2. The molecule has 1 saturated carbocycles. The van der Waals surface area contributed by atoms with Gasteiger partial charge in [-0.05, 0) is 51.3 Å². The molecule has 0 bridgehead atoms. The minimum Gasteiger partial charge on any atom is -0.377 e. The molecule has 6 heteroatoms. The third-order valence-electron chi connectivity index (χ3n) is 5.34. The van der Waals surface area contributed by atoms with Crippen molar-refractivity contribution < 1.29 is 13.2 Å². The molecule has 0 saturated heterocycles. The van der Waals surface area contributed by atoms with Crippen LogP contribution < -0.4 is 10.0 Å². The van der Waals surface area contributed by atoms with Gasteiger partial charge in [0.25, 0.3) is 0 Å². The van der Waals surface area contributed by atoms with Crippen LogP contribution in [0.2, 0.25) is 0 Å². The maximum absolute atomic E-state index is 12.9. The number of aryl methyl sites for hydroxylation is 1. The molecular formula is C22H30N2O3S.